The molecule has 0 saturated heterocycles. The Morgan fingerprint density at radius 3 is 2.67 bits per heavy atom. The van der Waals surface area contributed by atoms with E-state index in [9.17, 15) is 18.0 Å². The van der Waals surface area contributed by atoms with Gasteiger partial charge in [0.2, 0.25) is 5.91 Å². The highest BCUT2D eigenvalue weighted by atomic mass is 19.4. The summed E-state index contributed by atoms with van der Waals surface area (Å²) in [6, 6.07) is 4.31. The first-order chi connectivity index (χ1) is 8.33. The minimum Gasteiger partial charge on any atom is -0.406 e. The summed E-state index contributed by atoms with van der Waals surface area (Å²) in [6.07, 6.45) is -4.76. The van der Waals surface area contributed by atoms with Crippen LogP contribution >= 0.6 is 0 Å². The van der Waals surface area contributed by atoms with Crippen molar-refractivity contribution in [3.05, 3.63) is 29.8 Å². The van der Waals surface area contributed by atoms with Gasteiger partial charge >= 0.3 is 6.36 Å². The third kappa shape index (κ3) is 4.25. The highest BCUT2D eigenvalue weighted by Crippen LogP contribution is 2.25. The van der Waals surface area contributed by atoms with Gasteiger partial charge in [-0.2, -0.15) is 0 Å². The van der Waals surface area contributed by atoms with E-state index in [0.29, 0.717) is 12.1 Å². The van der Waals surface area contributed by atoms with Gasteiger partial charge in [-0.3, -0.25) is 4.79 Å². The fourth-order valence-electron chi connectivity index (χ4n) is 1.48. The van der Waals surface area contributed by atoms with Gasteiger partial charge in [-0.15, -0.1) is 13.2 Å². The van der Waals surface area contributed by atoms with Crippen molar-refractivity contribution in [2.24, 2.45) is 5.73 Å². The maximum atomic E-state index is 12.1. The molecule has 0 spiro atoms. The number of ether oxygens (including phenoxy) is 1. The highest BCUT2D eigenvalue weighted by Gasteiger charge is 2.31. The maximum absolute atomic E-state index is 12.1. The molecule has 0 fully saturated rings. The predicted octanol–water partition coefficient (Wildman–Crippen LogP) is 1.72. The van der Waals surface area contributed by atoms with Crippen LogP contribution in [0.1, 0.15) is 18.5 Å². The first-order valence-electron chi connectivity index (χ1n) is 5.22. The van der Waals surface area contributed by atoms with Crippen LogP contribution in [0.15, 0.2) is 24.3 Å². The second kappa shape index (κ2) is 5.72. The first-order valence-corrected chi connectivity index (χ1v) is 5.22. The van der Waals surface area contributed by atoms with Crippen LogP contribution in [0.5, 0.6) is 5.75 Å². The van der Waals surface area contributed by atoms with Crippen LogP contribution in [0.2, 0.25) is 0 Å². The number of halogens is 3. The van der Waals surface area contributed by atoms with Gasteiger partial charge in [-0.05, 0) is 24.2 Å². The number of carbonyl (C=O) groups is 1. The minimum absolute atomic E-state index is 0.325. The van der Waals surface area contributed by atoms with Gasteiger partial charge in [0.15, 0.2) is 0 Å². The lowest BCUT2D eigenvalue weighted by Gasteiger charge is -2.16. The predicted molar refractivity (Wildman–Crippen MR) is 58.7 cm³/mol. The Morgan fingerprint density at radius 1 is 1.50 bits per heavy atom. The van der Waals surface area contributed by atoms with Crippen molar-refractivity contribution in [2.75, 3.05) is 6.54 Å². The molecule has 1 aromatic carbocycles. The van der Waals surface area contributed by atoms with Crippen molar-refractivity contribution in [1.82, 2.24) is 5.32 Å². The monoisotopic (exact) mass is 262 g/mol. The second-order valence-corrected chi connectivity index (χ2v) is 3.51. The third-order valence-electron chi connectivity index (χ3n) is 2.12. The van der Waals surface area contributed by atoms with E-state index in [1.54, 1.807) is 6.92 Å². The van der Waals surface area contributed by atoms with Crippen LogP contribution < -0.4 is 15.8 Å². The Balaban J connectivity index is 2.95. The van der Waals surface area contributed by atoms with Crippen molar-refractivity contribution in [3.8, 4) is 5.75 Å². The number of hydrogen-bond acceptors (Lipinski definition) is 3. The molecule has 1 unspecified atom stereocenters. The Kier molecular flexibility index (Phi) is 4.55. The zero-order valence-electron chi connectivity index (χ0n) is 9.62. The van der Waals surface area contributed by atoms with E-state index in [1.807, 2.05) is 0 Å². The minimum atomic E-state index is -4.76. The maximum Gasteiger partial charge on any atom is 0.573 e. The van der Waals surface area contributed by atoms with Crippen LogP contribution in [-0.2, 0) is 4.79 Å². The molecule has 3 N–H and O–H groups in total. The number of benzene rings is 1. The normalized spacial score (nSPS) is 13.1. The third-order valence-corrected chi connectivity index (χ3v) is 2.12. The van der Waals surface area contributed by atoms with Crippen LogP contribution in [0.3, 0.4) is 0 Å². The number of likely N-dealkylation sites (N-methyl/N-ethyl adjacent to an activating group) is 1. The van der Waals surface area contributed by atoms with Crippen molar-refractivity contribution in [1.29, 1.82) is 0 Å². The molecule has 0 heterocycles. The molecular weight excluding hydrogens is 249 g/mol. The molecule has 4 nitrogen and oxygen atoms in total. The quantitative estimate of drug-likeness (QED) is 0.849. The van der Waals surface area contributed by atoms with Gasteiger partial charge in [0.1, 0.15) is 11.8 Å². The lowest BCUT2D eigenvalue weighted by molar-refractivity contribution is -0.274. The summed E-state index contributed by atoms with van der Waals surface area (Å²) in [4.78, 5) is 11.2. The van der Waals surface area contributed by atoms with Gasteiger partial charge in [0, 0.05) is 0 Å². The van der Waals surface area contributed by atoms with Crippen molar-refractivity contribution < 1.29 is 22.7 Å². The number of nitrogens with one attached hydrogen (secondary N) is 1. The number of hydrogen-bond donors (Lipinski definition) is 2. The summed E-state index contributed by atoms with van der Waals surface area (Å²) in [5.74, 6) is -1.05. The largest absolute Gasteiger partial charge is 0.573 e. The molecule has 0 aromatic heterocycles. The summed E-state index contributed by atoms with van der Waals surface area (Å²) in [7, 11) is 0. The zero-order valence-corrected chi connectivity index (χ0v) is 9.62. The standard InChI is InChI=1S/C11H13F3N2O2/c1-2-16-9(10(15)17)7-4-3-5-8(6-7)18-11(12,13)14/h3-6,9,16H,2H2,1H3,(H2,15,17). The smallest absolute Gasteiger partial charge is 0.406 e. The fraction of sp³-hybridized carbons (Fsp3) is 0.364. The van der Waals surface area contributed by atoms with Crippen molar-refractivity contribution in [3.63, 3.8) is 0 Å². The Labute approximate surface area is 102 Å². The van der Waals surface area contributed by atoms with Crippen LogP contribution in [0.25, 0.3) is 0 Å². The van der Waals surface area contributed by atoms with E-state index < -0.39 is 18.3 Å². The van der Waals surface area contributed by atoms with E-state index in [-0.39, 0.29) is 5.75 Å². The summed E-state index contributed by atoms with van der Waals surface area (Å²) >= 11 is 0. The van der Waals surface area contributed by atoms with Crippen LogP contribution in [-0.4, -0.2) is 18.8 Å². The van der Waals surface area contributed by atoms with Crippen molar-refractivity contribution in [2.45, 2.75) is 19.3 Å². The molecule has 0 saturated carbocycles. The summed E-state index contributed by atoms with van der Waals surface area (Å²) in [5.41, 5.74) is 5.49. The molecule has 0 radical (unpaired) electrons. The number of nitrogens with two attached hydrogens (primary N) is 1. The molecule has 18 heavy (non-hydrogen) atoms. The number of rotatable bonds is 5. The highest BCUT2D eigenvalue weighted by molar-refractivity contribution is 5.81. The number of alkyl halides is 3. The van der Waals surface area contributed by atoms with Crippen LogP contribution in [0.4, 0.5) is 13.2 Å². The molecule has 0 aliphatic carbocycles. The molecule has 1 rings (SSSR count). The van der Waals surface area contributed by atoms with E-state index >= 15 is 0 Å². The SMILES string of the molecule is CCNC(C(N)=O)c1cccc(OC(F)(F)F)c1. The lowest BCUT2D eigenvalue weighted by Crippen LogP contribution is -2.33. The molecule has 100 valence electrons. The molecule has 7 heteroatoms. The number of carbonyl (C=O) groups excluding carboxylic acids is 1. The average Bonchev–Trinajstić information content (AvgIpc) is 2.23. The summed E-state index contributed by atoms with van der Waals surface area (Å²) in [5, 5.41) is 2.78. The van der Waals surface area contributed by atoms with Gasteiger partial charge in [-0.1, -0.05) is 19.1 Å². The van der Waals surface area contributed by atoms with Gasteiger partial charge in [0.25, 0.3) is 0 Å². The van der Waals surface area contributed by atoms with Gasteiger partial charge < -0.3 is 15.8 Å². The van der Waals surface area contributed by atoms with E-state index in [2.05, 4.69) is 10.1 Å². The second-order valence-electron chi connectivity index (χ2n) is 3.51. The van der Waals surface area contributed by atoms with E-state index in [1.165, 1.54) is 12.1 Å². The molecule has 1 aromatic rings. The number of primary amides is 1. The van der Waals surface area contributed by atoms with Crippen molar-refractivity contribution >= 4 is 5.91 Å². The molecule has 0 bridgehead atoms. The molecule has 1 atom stereocenters. The Bertz CT molecular complexity index is 421. The molecule has 0 aliphatic rings. The number of amides is 1. The van der Waals surface area contributed by atoms with Gasteiger partial charge in [0.05, 0.1) is 0 Å². The van der Waals surface area contributed by atoms with E-state index in [0.717, 1.165) is 12.1 Å². The topological polar surface area (TPSA) is 64.3 Å². The zero-order chi connectivity index (χ0) is 13.8. The Hall–Kier alpha value is -1.76. The Morgan fingerprint density at radius 2 is 2.17 bits per heavy atom. The molecular formula is C11H13F3N2O2. The summed E-state index contributed by atoms with van der Waals surface area (Å²) in [6.45, 7) is 2.21. The van der Waals surface area contributed by atoms with Gasteiger partial charge in [-0.25, -0.2) is 0 Å². The summed E-state index contributed by atoms with van der Waals surface area (Å²) < 4.78 is 39.9. The molecule has 0 aliphatic heterocycles. The van der Waals surface area contributed by atoms with Crippen LogP contribution in [0, 0.1) is 0 Å². The van der Waals surface area contributed by atoms with E-state index in [4.69, 9.17) is 5.73 Å². The fourth-order valence-corrected chi connectivity index (χ4v) is 1.48. The molecule has 1 amide bonds. The average molecular weight is 262 g/mol. The first kappa shape index (κ1) is 14.3. The lowest BCUT2D eigenvalue weighted by atomic mass is 10.1.